The van der Waals surface area contributed by atoms with Crippen molar-refractivity contribution >= 4 is 21.6 Å². The fraction of sp³-hybridized carbons (Fsp3) is 0. The van der Waals surface area contributed by atoms with Crippen molar-refractivity contribution in [2.75, 3.05) is 0 Å². The van der Waals surface area contributed by atoms with Gasteiger partial charge in [-0.25, -0.2) is 9.37 Å². The Kier molecular flexibility index (Phi) is 2.40. The fourth-order valence-electron chi connectivity index (χ4n) is 1.67. The van der Waals surface area contributed by atoms with Gasteiger partial charge in [-0.2, -0.15) is 0 Å². The van der Waals surface area contributed by atoms with Gasteiger partial charge in [-0.15, -0.1) is 0 Å². The van der Waals surface area contributed by atoms with Crippen LogP contribution >= 0.6 is 15.9 Å². The minimum atomic E-state index is -0.282. The number of imidazole rings is 1. The zero-order valence-corrected chi connectivity index (χ0v) is 10.2. The molecule has 1 aromatic carbocycles. The first kappa shape index (κ1) is 10.4. The van der Waals surface area contributed by atoms with Crippen molar-refractivity contribution in [3.05, 3.63) is 53.3 Å². The lowest BCUT2D eigenvalue weighted by Gasteiger charge is -2.03. The third kappa shape index (κ3) is 1.72. The minimum absolute atomic E-state index is 0.282. The first-order valence-corrected chi connectivity index (χ1v) is 5.78. The van der Waals surface area contributed by atoms with Gasteiger partial charge >= 0.3 is 0 Å². The molecule has 0 bridgehead atoms. The quantitative estimate of drug-likeness (QED) is 0.689. The molecule has 2 heterocycles. The Morgan fingerprint density at radius 2 is 1.94 bits per heavy atom. The highest BCUT2D eigenvalue weighted by atomic mass is 79.9. The van der Waals surface area contributed by atoms with Gasteiger partial charge < -0.3 is 0 Å². The molecule has 0 saturated heterocycles. The lowest BCUT2D eigenvalue weighted by Crippen LogP contribution is -1.92. The van der Waals surface area contributed by atoms with E-state index in [-0.39, 0.29) is 5.82 Å². The molecule has 0 amide bonds. The maximum absolute atomic E-state index is 13.6. The van der Waals surface area contributed by atoms with Gasteiger partial charge in [0.05, 0.1) is 18.1 Å². The molecular formula is C12H7BrFN3. The molecule has 84 valence electrons. The van der Waals surface area contributed by atoms with E-state index in [1.54, 1.807) is 36.8 Å². The van der Waals surface area contributed by atoms with Crippen LogP contribution < -0.4 is 0 Å². The van der Waals surface area contributed by atoms with Gasteiger partial charge in [0.25, 0.3) is 0 Å². The Morgan fingerprint density at radius 1 is 1.12 bits per heavy atom. The van der Waals surface area contributed by atoms with E-state index in [4.69, 9.17) is 0 Å². The summed E-state index contributed by atoms with van der Waals surface area (Å²) >= 11 is 3.37. The molecule has 0 N–H and O–H groups in total. The van der Waals surface area contributed by atoms with Crippen LogP contribution in [0.2, 0.25) is 0 Å². The van der Waals surface area contributed by atoms with Crippen molar-refractivity contribution in [2.24, 2.45) is 0 Å². The number of benzene rings is 1. The van der Waals surface area contributed by atoms with E-state index >= 15 is 0 Å². The van der Waals surface area contributed by atoms with Crippen molar-refractivity contribution in [3.63, 3.8) is 0 Å². The van der Waals surface area contributed by atoms with Crippen molar-refractivity contribution in [1.82, 2.24) is 14.4 Å². The second-order valence-electron chi connectivity index (χ2n) is 3.56. The van der Waals surface area contributed by atoms with E-state index in [9.17, 15) is 4.39 Å². The molecule has 0 saturated carbocycles. The van der Waals surface area contributed by atoms with Gasteiger partial charge in [-0.05, 0) is 28.1 Å². The van der Waals surface area contributed by atoms with Crippen LogP contribution in [0.4, 0.5) is 4.39 Å². The predicted molar refractivity (Wildman–Crippen MR) is 66.1 cm³/mol. The topological polar surface area (TPSA) is 30.2 Å². The van der Waals surface area contributed by atoms with E-state index in [0.717, 1.165) is 10.3 Å². The minimum Gasteiger partial charge on any atom is -0.291 e. The van der Waals surface area contributed by atoms with E-state index in [1.807, 2.05) is 4.40 Å². The molecule has 17 heavy (non-hydrogen) atoms. The Labute approximate surface area is 105 Å². The number of halogens is 2. The van der Waals surface area contributed by atoms with Gasteiger partial charge in [0.15, 0.2) is 5.65 Å². The van der Waals surface area contributed by atoms with Crippen molar-refractivity contribution in [2.45, 2.75) is 0 Å². The highest BCUT2D eigenvalue weighted by molar-refractivity contribution is 9.10. The van der Waals surface area contributed by atoms with E-state index in [2.05, 4.69) is 25.9 Å². The average Bonchev–Trinajstić information content (AvgIpc) is 2.71. The summed E-state index contributed by atoms with van der Waals surface area (Å²) < 4.78 is 16.3. The Balaban J connectivity index is 2.24. The SMILES string of the molecule is Fc1ccccc1-c1cn2c(Br)cnc2cn1. The van der Waals surface area contributed by atoms with Gasteiger partial charge in [0, 0.05) is 11.8 Å². The fourth-order valence-corrected chi connectivity index (χ4v) is 2.05. The van der Waals surface area contributed by atoms with Crippen LogP contribution in [0.5, 0.6) is 0 Å². The van der Waals surface area contributed by atoms with Gasteiger partial charge in [0.1, 0.15) is 10.4 Å². The standard InChI is InChI=1S/C12H7BrFN3/c13-11-5-16-12-6-15-10(7-17(11)12)8-3-1-2-4-9(8)14/h1-7H. The van der Waals surface area contributed by atoms with Crippen LogP contribution in [-0.2, 0) is 0 Å². The molecule has 0 aliphatic rings. The third-order valence-electron chi connectivity index (χ3n) is 2.50. The molecule has 3 nitrogen and oxygen atoms in total. The molecular weight excluding hydrogens is 285 g/mol. The van der Waals surface area contributed by atoms with Crippen molar-refractivity contribution in [3.8, 4) is 11.3 Å². The van der Waals surface area contributed by atoms with Crippen LogP contribution in [-0.4, -0.2) is 14.4 Å². The predicted octanol–water partition coefficient (Wildman–Crippen LogP) is 3.30. The Bertz CT molecular complexity index is 693. The summed E-state index contributed by atoms with van der Waals surface area (Å²) in [7, 11) is 0. The van der Waals surface area contributed by atoms with Crippen molar-refractivity contribution in [1.29, 1.82) is 0 Å². The number of nitrogens with zero attached hydrogens (tertiary/aromatic N) is 3. The summed E-state index contributed by atoms with van der Waals surface area (Å²) in [6, 6.07) is 6.57. The monoisotopic (exact) mass is 291 g/mol. The molecule has 3 rings (SSSR count). The lowest BCUT2D eigenvalue weighted by molar-refractivity contribution is 0.630. The summed E-state index contributed by atoms with van der Waals surface area (Å²) in [5.41, 5.74) is 1.78. The normalized spacial score (nSPS) is 10.9. The summed E-state index contributed by atoms with van der Waals surface area (Å²) in [6.45, 7) is 0. The molecule has 0 fully saturated rings. The maximum atomic E-state index is 13.6. The van der Waals surface area contributed by atoms with Crippen LogP contribution in [0.3, 0.4) is 0 Å². The number of rotatable bonds is 1. The molecule has 0 aliphatic carbocycles. The molecule has 2 aromatic heterocycles. The van der Waals surface area contributed by atoms with E-state index in [0.29, 0.717) is 11.3 Å². The van der Waals surface area contributed by atoms with Crippen LogP contribution in [0.25, 0.3) is 16.9 Å². The Hall–Kier alpha value is -1.75. The molecule has 0 spiro atoms. The molecule has 3 aromatic rings. The zero-order chi connectivity index (χ0) is 11.8. The van der Waals surface area contributed by atoms with Crippen LogP contribution in [0.15, 0.2) is 47.5 Å². The second kappa shape index (κ2) is 3.92. The van der Waals surface area contributed by atoms with Gasteiger partial charge in [-0.1, -0.05) is 12.1 Å². The molecule has 0 unspecified atom stereocenters. The van der Waals surface area contributed by atoms with Gasteiger partial charge in [-0.3, -0.25) is 9.38 Å². The number of aromatic nitrogens is 3. The summed E-state index contributed by atoms with van der Waals surface area (Å²) in [5, 5.41) is 0. The largest absolute Gasteiger partial charge is 0.291 e. The van der Waals surface area contributed by atoms with Crippen LogP contribution in [0, 0.1) is 5.82 Å². The number of hydrogen-bond acceptors (Lipinski definition) is 2. The van der Waals surface area contributed by atoms with Gasteiger partial charge in [0.2, 0.25) is 0 Å². The van der Waals surface area contributed by atoms with E-state index < -0.39 is 0 Å². The number of hydrogen-bond donors (Lipinski definition) is 0. The average molecular weight is 292 g/mol. The van der Waals surface area contributed by atoms with Crippen LogP contribution in [0.1, 0.15) is 0 Å². The summed E-state index contributed by atoms with van der Waals surface area (Å²) in [4.78, 5) is 8.34. The zero-order valence-electron chi connectivity index (χ0n) is 8.64. The number of fused-ring (bicyclic) bond motifs is 1. The molecule has 0 aliphatic heterocycles. The lowest BCUT2D eigenvalue weighted by atomic mass is 10.1. The first-order chi connectivity index (χ1) is 8.25. The highest BCUT2D eigenvalue weighted by Gasteiger charge is 2.08. The highest BCUT2D eigenvalue weighted by Crippen LogP contribution is 2.22. The Morgan fingerprint density at radius 3 is 2.76 bits per heavy atom. The molecule has 5 heteroatoms. The van der Waals surface area contributed by atoms with Crippen molar-refractivity contribution < 1.29 is 4.39 Å². The first-order valence-electron chi connectivity index (χ1n) is 4.99. The molecule has 0 radical (unpaired) electrons. The summed E-state index contributed by atoms with van der Waals surface area (Å²) in [5.74, 6) is -0.282. The maximum Gasteiger partial charge on any atom is 0.156 e. The third-order valence-corrected chi connectivity index (χ3v) is 3.09. The summed E-state index contributed by atoms with van der Waals surface area (Å²) in [6.07, 6.45) is 5.06. The second-order valence-corrected chi connectivity index (χ2v) is 4.37. The molecule has 0 atom stereocenters. The smallest absolute Gasteiger partial charge is 0.156 e. The van der Waals surface area contributed by atoms with E-state index in [1.165, 1.54) is 6.07 Å².